The minimum Gasteiger partial charge on any atom is -0.390 e. The van der Waals surface area contributed by atoms with Crippen molar-refractivity contribution < 1.29 is 4.92 Å². The van der Waals surface area contributed by atoms with Crippen molar-refractivity contribution in [2.24, 2.45) is 0 Å². The predicted molar refractivity (Wildman–Crippen MR) is 77.0 cm³/mol. The zero-order valence-electron chi connectivity index (χ0n) is 11.0. The summed E-state index contributed by atoms with van der Waals surface area (Å²) in [5.74, 6) is -0.0723. The molecule has 0 atom stereocenters. The number of nitro groups is 1. The van der Waals surface area contributed by atoms with Gasteiger partial charge in [-0.15, -0.1) is 0 Å². The normalized spacial score (nSPS) is 10.7. The van der Waals surface area contributed by atoms with E-state index in [-0.39, 0.29) is 5.65 Å². The van der Waals surface area contributed by atoms with Gasteiger partial charge in [0.1, 0.15) is 0 Å². The summed E-state index contributed by atoms with van der Waals surface area (Å²) in [6, 6.07) is 9.94. The highest BCUT2D eigenvalue weighted by Crippen LogP contribution is 2.19. The number of nitrogens with zero attached hydrogens (tertiary/aromatic N) is 4. The van der Waals surface area contributed by atoms with Crippen molar-refractivity contribution in [1.29, 1.82) is 0 Å². The van der Waals surface area contributed by atoms with E-state index >= 15 is 0 Å². The number of nitrogens with one attached hydrogen (secondary N) is 2. The maximum absolute atomic E-state index is 10.8. The van der Waals surface area contributed by atoms with Gasteiger partial charge in [-0.1, -0.05) is 30.3 Å². The Kier molecular flexibility index (Phi) is 3.42. The molecule has 0 amide bonds. The van der Waals surface area contributed by atoms with Crippen molar-refractivity contribution in [3.8, 4) is 0 Å². The van der Waals surface area contributed by atoms with Crippen LogP contribution in [-0.4, -0.2) is 31.4 Å². The van der Waals surface area contributed by atoms with E-state index in [9.17, 15) is 10.1 Å². The van der Waals surface area contributed by atoms with E-state index in [4.69, 9.17) is 0 Å². The van der Waals surface area contributed by atoms with E-state index < -0.39 is 10.9 Å². The summed E-state index contributed by atoms with van der Waals surface area (Å²) in [5, 5.41) is 13.9. The first-order valence-electron chi connectivity index (χ1n) is 6.37. The first kappa shape index (κ1) is 13.0. The number of imidazole rings is 1. The molecule has 0 aliphatic carbocycles. The average molecular weight is 284 g/mol. The number of aromatic amines is 1. The third-order valence-corrected chi connectivity index (χ3v) is 2.99. The van der Waals surface area contributed by atoms with E-state index in [1.165, 1.54) is 11.9 Å². The highest BCUT2D eigenvalue weighted by Gasteiger charge is 2.19. The third kappa shape index (κ3) is 2.78. The largest absolute Gasteiger partial charge is 0.473 e. The quantitative estimate of drug-likeness (QED) is 0.547. The Morgan fingerprint density at radius 3 is 2.81 bits per heavy atom. The van der Waals surface area contributed by atoms with Gasteiger partial charge in [0.15, 0.2) is 5.52 Å². The summed E-state index contributed by atoms with van der Waals surface area (Å²) in [4.78, 5) is 24.7. The van der Waals surface area contributed by atoms with Crippen molar-refractivity contribution in [3.63, 3.8) is 0 Å². The molecule has 0 spiro atoms. The van der Waals surface area contributed by atoms with Gasteiger partial charge in [-0.2, -0.15) is 0 Å². The topological polar surface area (TPSA) is 110 Å². The molecular weight excluding hydrogens is 272 g/mol. The van der Waals surface area contributed by atoms with Crippen LogP contribution in [0, 0.1) is 10.1 Å². The van der Waals surface area contributed by atoms with Crippen LogP contribution in [-0.2, 0) is 6.42 Å². The second kappa shape index (κ2) is 5.53. The molecule has 106 valence electrons. The van der Waals surface area contributed by atoms with Gasteiger partial charge in [-0.3, -0.25) is 0 Å². The fourth-order valence-electron chi connectivity index (χ4n) is 2.00. The molecule has 0 aliphatic heterocycles. The molecule has 2 N–H and O–H groups in total. The van der Waals surface area contributed by atoms with Gasteiger partial charge in [0.2, 0.25) is 5.82 Å². The Hall–Kier alpha value is -3.03. The Balaban J connectivity index is 1.79. The van der Waals surface area contributed by atoms with E-state index in [1.807, 2.05) is 30.3 Å². The molecule has 0 unspecified atom stereocenters. The molecular formula is C13H12N6O2. The molecule has 3 rings (SSSR count). The lowest BCUT2D eigenvalue weighted by Gasteiger charge is -2.04. The maximum Gasteiger partial charge on any atom is 0.473 e. The van der Waals surface area contributed by atoms with Crippen LogP contribution in [0.15, 0.2) is 36.7 Å². The fourth-order valence-corrected chi connectivity index (χ4v) is 2.00. The number of fused-ring (bicyclic) bond motifs is 1. The van der Waals surface area contributed by atoms with Crippen molar-refractivity contribution in [2.75, 3.05) is 11.9 Å². The summed E-state index contributed by atoms with van der Waals surface area (Å²) >= 11 is 0. The average Bonchev–Trinajstić information content (AvgIpc) is 2.96. The summed E-state index contributed by atoms with van der Waals surface area (Å²) < 4.78 is 0. The molecule has 0 radical (unpaired) electrons. The Morgan fingerprint density at radius 1 is 1.24 bits per heavy atom. The molecule has 3 aromatic rings. The van der Waals surface area contributed by atoms with Crippen molar-refractivity contribution in [2.45, 2.75) is 6.42 Å². The highest BCUT2D eigenvalue weighted by molar-refractivity contribution is 5.83. The minimum atomic E-state index is -0.628. The number of hydrogen-bond donors (Lipinski definition) is 2. The zero-order chi connectivity index (χ0) is 14.7. The second-order valence-electron chi connectivity index (χ2n) is 4.39. The third-order valence-electron chi connectivity index (χ3n) is 2.99. The summed E-state index contributed by atoms with van der Waals surface area (Å²) in [5.41, 5.74) is 2.02. The number of rotatable bonds is 5. The van der Waals surface area contributed by atoms with E-state index in [2.05, 4.69) is 25.3 Å². The molecule has 0 aliphatic rings. The van der Waals surface area contributed by atoms with Crippen LogP contribution in [0.5, 0.6) is 0 Å². The highest BCUT2D eigenvalue weighted by atomic mass is 16.6. The summed E-state index contributed by atoms with van der Waals surface area (Å²) in [7, 11) is 0. The Labute approximate surface area is 119 Å². The molecule has 2 aromatic heterocycles. The maximum atomic E-state index is 10.8. The lowest BCUT2D eigenvalue weighted by molar-refractivity contribution is -0.394. The monoisotopic (exact) mass is 284 g/mol. The van der Waals surface area contributed by atoms with Crippen molar-refractivity contribution >= 4 is 22.9 Å². The number of aromatic nitrogens is 4. The van der Waals surface area contributed by atoms with Crippen LogP contribution < -0.4 is 5.32 Å². The van der Waals surface area contributed by atoms with Crippen molar-refractivity contribution in [1.82, 2.24) is 19.9 Å². The van der Waals surface area contributed by atoms with Crippen LogP contribution in [0.3, 0.4) is 0 Å². The molecule has 0 fully saturated rings. The Morgan fingerprint density at radius 2 is 2.05 bits per heavy atom. The molecule has 1 aromatic carbocycles. The number of H-pyrrole nitrogens is 1. The van der Waals surface area contributed by atoms with Crippen molar-refractivity contribution in [3.05, 3.63) is 52.3 Å². The van der Waals surface area contributed by atoms with Gasteiger partial charge >= 0.3 is 5.95 Å². The van der Waals surface area contributed by atoms with Gasteiger partial charge < -0.3 is 20.4 Å². The number of benzene rings is 1. The van der Waals surface area contributed by atoms with Crippen LogP contribution >= 0.6 is 0 Å². The molecule has 8 nitrogen and oxygen atoms in total. The first-order chi connectivity index (χ1) is 10.2. The number of hydrogen-bond acceptors (Lipinski definition) is 6. The number of anilines is 1. The zero-order valence-corrected chi connectivity index (χ0v) is 11.0. The predicted octanol–water partition coefficient (Wildman–Crippen LogP) is 1.92. The standard InChI is InChI=1S/C13H12N6O2/c20-19(21)13-17-11(10-12(18-13)16-8-15-10)14-7-6-9-4-2-1-3-5-9/h1-5,8H,6-7H2,(H2,14,15,16,17,18). The van der Waals surface area contributed by atoms with E-state index in [0.717, 1.165) is 6.42 Å². The molecule has 21 heavy (non-hydrogen) atoms. The SMILES string of the molecule is O=[N+]([O-])c1nc(NCCc2ccccc2)c2[nH]cnc2n1. The first-order valence-corrected chi connectivity index (χ1v) is 6.37. The van der Waals surface area contributed by atoms with Crippen LogP contribution in [0.2, 0.25) is 0 Å². The molecule has 0 saturated heterocycles. The van der Waals surface area contributed by atoms with Crippen LogP contribution in [0.25, 0.3) is 11.2 Å². The lowest BCUT2D eigenvalue weighted by Crippen LogP contribution is -2.08. The van der Waals surface area contributed by atoms with E-state index in [1.54, 1.807) is 0 Å². The molecule has 0 bridgehead atoms. The van der Waals surface area contributed by atoms with E-state index in [0.29, 0.717) is 17.9 Å². The Bertz CT molecular complexity index is 771. The van der Waals surface area contributed by atoms with Gasteiger partial charge in [-0.05, 0) is 26.9 Å². The summed E-state index contributed by atoms with van der Waals surface area (Å²) in [6.45, 7) is 0.603. The second-order valence-corrected chi connectivity index (χ2v) is 4.39. The molecule has 2 heterocycles. The lowest BCUT2D eigenvalue weighted by atomic mass is 10.1. The smallest absolute Gasteiger partial charge is 0.390 e. The summed E-state index contributed by atoms with van der Waals surface area (Å²) in [6.07, 6.45) is 2.22. The van der Waals surface area contributed by atoms with Gasteiger partial charge in [-0.25, -0.2) is 4.98 Å². The molecule has 8 heteroatoms. The molecule has 0 saturated carbocycles. The van der Waals surface area contributed by atoms with Gasteiger partial charge in [0.05, 0.1) is 6.33 Å². The van der Waals surface area contributed by atoms with Crippen LogP contribution in [0.4, 0.5) is 11.8 Å². The minimum absolute atomic E-state index is 0.277. The van der Waals surface area contributed by atoms with Gasteiger partial charge in [0, 0.05) is 6.54 Å². The fraction of sp³-hybridized carbons (Fsp3) is 0.154. The van der Waals surface area contributed by atoms with Crippen LogP contribution in [0.1, 0.15) is 5.56 Å². The van der Waals surface area contributed by atoms with Gasteiger partial charge in [0.25, 0.3) is 5.65 Å².